The number of aryl methyl sites for hydroxylation is 1. The minimum atomic E-state index is -3.56. The molecule has 8 nitrogen and oxygen atoms in total. The van der Waals surface area contributed by atoms with Gasteiger partial charge < -0.3 is 4.57 Å². The zero-order valence-corrected chi connectivity index (χ0v) is 20.2. The van der Waals surface area contributed by atoms with Gasteiger partial charge in [-0.25, -0.2) is 23.4 Å². The number of hydrogen-bond donors (Lipinski definition) is 0. The van der Waals surface area contributed by atoms with Crippen molar-refractivity contribution in [1.29, 1.82) is 0 Å². The summed E-state index contributed by atoms with van der Waals surface area (Å²) in [5.41, 5.74) is 1.58. The van der Waals surface area contributed by atoms with Gasteiger partial charge >= 0.3 is 0 Å². The molecule has 32 heavy (non-hydrogen) atoms. The first-order chi connectivity index (χ1) is 15.2. The molecule has 0 N–H and O–H groups in total. The van der Waals surface area contributed by atoms with Crippen molar-refractivity contribution in [2.24, 2.45) is 5.92 Å². The second-order valence-electron chi connectivity index (χ2n) is 8.66. The van der Waals surface area contributed by atoms with Gasteiger partial charge in [-0.1, -0.05) is 31.5 Å². The van der Waals surface area contributed by atoms with Gasteiger partial charge in [-0.15, -0.1) is 10.2 Å². The van der Waals surface area contributed by atoms with Gasteiger partial charge in [-0.3, -0.25) is 0 Å². The van der Waals surface area contributed by atoms with Crippen molar-refractivity contribution in [2.75, 3.05) is 0 Å². The van der Waals surface area contributed by atoms with E-state index in [1.165, 1.54) is 12.4 Å². The van der Waals surface area contributed by atoms with Crippen LogP contribution in [0, 0.1) is 12.8 Å². The smallest absolute Gasteiger partial charge is 0.182 e. The number of pyridine rings is 1. The predicted molar refractivity (Wildman–Crippen MR) is 123 cm³/mol. The average Bonchev–Trinajstić information content (AvgIpc) is 3.14. The molecule has 0 amide bonds. The van der Waals surface area contributed by atoms with Gasteiger partial charge in [0.2, 0.25) is 0 Å². The van der Waals surface area contributed by atoms with E-state index in [9.17, 15) is 8.42 Å². The zero-order valence-electron chi connectivity index (χ0n) is 18.6. The zero-order chi connectivity index (χ0) is 23.0. The first-order valence-electron chi connectivity index (χ1n) is 10.7. The van der Waals surface area contributed by atoms with Crippen LogP contribution in [-0.4, -0.2) is 43.4 Å². The second kappa shape index (κ2) is 8.86. The van der Waals surface area contributed by atoms with Crippen molar-refractivity contribution in [3.05, 3.63) is 53.0 Å². The Morgan fingerprint density at radius 1 is 1.16 bits per heavy atom. The lowest BCUT2D eigenvalue weighted by molar-refractivity contribution is 0.199. The molecule has 0 radical (unpaired) electrons. The Bertz CT molecular complexity index is 1210. The number of rotatable bonds is 7. The Morgan fingerprint density at radius 3 is 2.47 bits per heavy atom. The Kier molecular flexibility index (Phi) is 6.31. The van der Waals surface area contributed by atoms with Gasteiger partial charge in [0.25, 0.3) is 0 Å². The van der Waals surface area contributed by atoms with E-state index < -0.39 is 21.0 Å². The molecule has 0 aliphatic heterocycles. The Morgan fingerprint density at radius 2 is 1.88 bits per heavy atom. The SMILES string of the molecule is Cc1cccc(-c2nnc(CS(=O)(=O)[C@@H](C)[C@H](C)c3ncc(Cl)cn3)n2[C@H]2CC[C@@H]2C)n1. The molecule has 0 unspecified atom stereocenters. The van der Waals surface area contributed by atoms with Crippen molar-refractivity contribution >= 4 is 21.4 Å². The van der Waals surface area contributed by atoms with Crippen molar-refractivity contribution in [1.82, 2.24) is 29.7 Å². The minimum absolute atomic E-state index is 0.167. The number of hydrogen-bond acceptors (Lipinski definition) is 7. The van der Waals surface area contributed by atoms with Gasteiger partial charge in [0, 0.05) is 30.0 Å². The maximum atomic E-state index is 13.4. The lowest BCUT2D eigenvalue weighted by Crippen LogP contribution is -2.31. The van der Waals surface area contributed by atoms with Crippen LogP contribution in [-0.2, 0) is 15.6 Å². The minimum Gasteiger partial charge on any atom is -0.305 e. The van der Waals surface area contributed by atoms with Crippen molar-refractivity contribution in [2.45, 2.75) is 63.5 Å². The number of sulfone groups is 1. The van der Waals surface area contributed by atoms with Gasteiger partial charge in [-0.2, -0.15) is 0 Å². The molecule has 4 atom stereocenters. The molecule has 0 bridgehead atoms. The lowest BCUT2D eigenvalue weighted by Gasteiger charge is -2.36. The fourth-order valence-electron chi connectivity index (χ4n) is 4.04. The molecular formula is C22H27ClN6O2S. The topological polar surface area (TPSA) is 104 Å². The van der Waals surface area contributed by atoms with E-state index in [2.05, 4.69) is 32.1 Å². The average molecular weight is 475 g/mol. The molecular weight excluding hydrogens is 448 g/mol. The maximum absolute atomic E-state index is 13.4. The van der Waals surface area contributed by atoms with E-state index in [1.54, 1.807) is 6.92 Å². The maximum Gasteiger partial charge on any atom is 0.182 e. The van der Waals surface area contributed by atoms with E-state index in [0.717, 1.165) is 18.5 Å². The molecule has 0 saturated heterocycles. The highest BCUT2D eigenvalue weighted by Gasteiger charge is 2.36. The molecule has 0 aromatic carbocycles. The van der Waals surface area contributed by atoms with Crippen LogP contribution in [0.4, 0.5) is 0 Å². The third-order valence-corrected chi connectivity index (χ3v) is 8.84. The lowest BCUT2D eigenvalue weighted by atomic mass is 9.81. The van der Waals surface area contributed by atoms with Gasteiger partial charge in [0.15, 0.2) is 15.7 Å². The molecule has 0 spiro atoms. The Balaban J connectivity index is 1.66. The number of halogens is 1. The van der Waals surface area contributed by atoms with Crippen LogP contribution in [0.5, 0.6) is 0 Å². The van der Waals surface area contributed by atoms with E-state index >= 15 is 0 Å². The predicted octanol–water partition coefficient (Wildman–Crippen LogP) is 4.17. The molecule has 170 valence electrons. The molecule has 1 fully saturated rings. The van der Waals surface area contributed by atoms with Crippen LogP contribution in [0.15, 0.2) is 30.6 Å². The number of nitrogens with zero attached hydrogens (tertiary/aromatic N) is 6. The monoisotopic (exact) mass is 474 g/mol. The molecule has 10 heteroatoms. The van der Waals surface area contributed by atoms with Crippen molar-refractivity contribution < 1.29 is 8.42 Å². The first-order valence-corrected chi connectivity index (χ1v) is 12.8. The Hall–Kier alpha value is -2.39. The van der Waals surface area contributed by atoms with Crippen LogP contribution < -0.4 is 0 Å². The summed E-state index contributed by atoms with van der Waals surface area (Å²) in [7, 11) is -3.56. The number of aromatic nitrogens is 6. The third kappa shape index (κ3) is 4.41. The summed E-state index contributed by atoms with van der Waals surface area (Å²) in [6.07, 6.45) is 5.03. The van der Waals surface area contributed by atoms with Crippen LogP contribution in [0.3, 0.4) is 0 Å². The fourth-order valence-corrected chi connectivity index (χ4v) is 5.70. The molecule has 1 aliphatic rings. The molecule has 4 rings (SSSR count). The van der Waals surface area contributed by atoms with Crippen LogP contribution in [0.1, 0.15) is 62.9 Å². The summed E-state index contributed by atoms with van der Waals surface area (Å²) >= 11 is 5.87. The quantitative estimate of drug-likeness (QED) is 0.506. The summed E-state index contributed by atoms with van der Waals surface area (Å²) in [4.78, 5) is 13.0. The molecule has 3 aromatic heterocycles. The standard InChI is InChI=1S/C22H27ClN6O2S/c1-13-8-9-19(13)29-20(27-28-22(29)18-7-5-6-14(2)26-18)12-32(30,31)16(4)15(3)21-24-10-17(23)11-25-21/h5-7,10-11,13,15-16,19H,8-9,12H2,1-4H3/t13-,15-,16-,19-/m0/s1. The Labute approximate surface area is 193 Å². The second-order valence-corrected chi connectivity index (χ2v) is 11.5. The normalized spacial score (nSPS) is 20.5. The van der Waals surface area contributed by atoms with E-state index in [0.29, 0.717) is 34.1 Å². The summed E-state index contributed by atoms with van der Waals surface area (Å²) in [5.74, 6) is 1.36. The van der Waals surface area contributed by atoms with Crippen LogP contribution in [0.25, 0.3) is 11.5 Å². The van der Waals surface area contributed by atoms with E-state index in [4.69, 9.17) is 11.6 Å². The molecule has 3 aromatic rings. The summed E-state index contributed by atoms with van der Waals surface area (Å²) in [5, 5.41) is 8.40. The fraction of sp³-hybridized carbons (Fsp3) is 0.500. The van der Waals surface area contributed by atoms with Gasteiger partial charge in [-0.05, 0) is 44.7 Å². The summed E-state index contributed by atoms with van der Waals surface area (Å²) in [6.45, 7) is 7.59. The van der Waals surface area contributed by atoms with Crippen LogP contribution >= 0.6 is 11.6 Å². The summed E-state index contributed by atoms with van der Waals surface area (Å²) < 4.78 is 28.7. The third-order valence-electron chi connectivity index (χ3n) is 6.44. The molecule has 1 saturated carbocycles. The highest BCUT2D eigenvalue weighted by Crippen LogP contribution is 2.41. The van der Waals surface area contributed by atoms with E-state index in [-0.39, 0.29) is 11.8 Å². The highest BCUT2D eigenvalue weighted by atomic mass is 35.5. The van der Waals surface area contributed by atoms with Gasteiger partial charge in [0.05, 0.1) is 10.3 Å². The van der Waals surface area contributed by atoms with Crippen molar-refractivity contribution in [3.63, 3.8) is 0 Å². The first kappa shape index (κ1) is 22.8. The molecule has 3 heterocycles. The van der Waals surface area contributed by atoms with Gasteiger partial charge in [0.1, 0.15) is 23.1 Å². The molecule has 1 aliphatic carbocycles. The van der Waals surface area contributed by atoms with Crippen molar-refractivity contribution in [3.8, 4) is 11.5 Å². The van der Waals surface area contributed by atoms with Crippen LogP contribution in [0.2, 0.25) is 5.02 Å². The highest BCUT2D eigenvalue weighted by molar-refractivity contribution is 7.91. The van der Waals surface area contributed by atoms with E-state index in [1.807, 2.05) is 36.6 Å². The summed E-state index contributed by atoms with van der Waals surface area (Å²) in [6, 6.07) is 5.90. The largest absolute Gasteiger partial charge is 0.305 e.